The van der Waals surface area contributed by atoms with E-state index in [1.54, 1.807) is 24.3 Å². The van der Waals surface area contributed by atoms with Gasteiger partial charge in [0.2, 0.25) is 11.0 Å². The van der Waals surface area contributed by atoms with Gasteiger partial charge in [0.1, 0.15) is 0 Å². The molecule has 6 nitrogen and oxygen atoms in total. The average Bonchev–Trinajstić information content (AvgIpc) is 3.00. The highest BCUT2D eigenvalue weighted by Gasteiger charge is 2.17. The Morgan fingerprint density at radius 2 is 1.84 bits per heavy atom. The fraction of sp³-hybridized carbons (Fsp3) is 0.412. The maximum atomic E-state index is 12.3. The van der Waals surface area contributed by atoms with E-state index in [-0.39, 0.29) is 16.9 Å². The topological polar surface area (TPSA) is 84.0 Å². The molecule has 0 radical (unpaired) electrons. The number of carbonyl (C=O) groups excluding carboxylic acids is 2. The van der Waals surface area contributed by atoms with Crippen LogP contribution in [0.3, 0.4) is 0 Å². The summed E-state index contributed by atoms with van der Waals surface area (Å²) in [5, 5.41) is 14.7. The van der Waals surface area contributed by atoms with Crippen LogP contribution in [0, 0.1) is 5.92 Å². The molecular weight excluding hydrogens is 356 g/mol. The molecule has 0 aliphatic carbocycles. The number of anilines is 2. The zero-order valence-corrected chi connectivity index (χ0v) is 16.3. The number of nitrogens with one attached hydrogen (secondary N) is 2. The van der Waals surface area contributed by atoms with Crippen molar-refractivity contribution in [2.75, 3.05) is 17.2 Å². The summed E-state index contributed by atoms with van der Waals surface area (Å²) in [5.74, 6) is 0.409. The van der Waals surface area contributed by atoms with Crippen LogP contribution in [0.1, 0.15) is 38.1 Å². The summed E-state index contributed by atoms with van der Waals surface area (Å²) in [6.45, 7) is 8.43. The molecule has 134 valence electrons. The number of nitrogens with zero attached hydrogens (tertiary/aromatic N) is 2. The fourth-order valence-electron chi connectivity index (χ4n) is 1.86. The molecule has 0 aliphatic rings. The largest absolute Gasteiger partial charge is 0.360 e. The molecule has 1 atom stereocenters. The fourth-order valence-corrected chi connectivity index (χ4v) is 3.76. The summed E-state index contributed by atoms with van der Waals surface area (Å²) in [4.78, 5) is 23.6. The van der Waals surface area contributed by atoms with Crippen molar-refractivity contribution in [1.82, 2.24) is 10.2 Å². The number of Topliss-reactive ketones (excluding diaryl/α,β-unsaturated/α-hetero) is 1. The van der Waals surface area contributed by atoms with E-state index in [2.05, 4.69) is 34.7 Å². The molecule has 0 aliphatic heterocycles. The Kier molecular flexibility index (Phi) is 6.95. The number of ketones is 1. The van der Waals surface area contributed by atoms with Gasteiger partial charge in [-0.25, -0.2) is 0 Å². The SMILES string of the molecule is CC(=O)c1ccc(NC(=O)[C@@H](C)Sc2nnc(NCC(C)C)s2)cc1. The molecule has 1 aromatic heterocycles. The second kappa shape index (κ2) is 8.96. The van der Waals surface area contributed by atoms with Crippen molar-refractivity contribution in [3.05, 3.63) is 29.8 Å². The molecule has 8 heteroatoms. The Hall–Kier alpha value is -1.93. The minimum atomic E-state index is -0.307. The van der Waals surface area contributed by atoms with Crippen molar-refractivity contribution >= 4 is 45.6 Å². The van der Waals surface area contributed by atoms with Gasteiger partial charge in [0, 0.05) is 17.8 Å². The number of rotatable bonds is 8. The molecule has 0 saturated heterocycles. The molecule has 1 aromatic carbocycles. The lowest BCUT2D eigenvalue weighted by molar-refractivity contribution is -0.115. The summed E-state index contributed by atoms with van der Waals surface area (Å²) in [7, 11) is 0. The summed E-state index contributed by atoms with van der Waals surface area (Å²) >= 11 is 2.82. The number of hydrogen-bond donors (Lipinski definition) is 2. The van der Waals surface area contributed by atoms with Crippen LogP contribution in [0.25, 0.3) is 0 Å². The third-order valence-corrected chi connectivity index (χ3v) is 5.34. The second-order valence-electron chi connectivity index (χ2n) is 6.03. The Bertz CT molecular complexity index is 729. The number of benzene rings is 1. The van der Waals surface area contributed by atoms with Gasteiger partial charge >= 0.3 is 0 Å². The van der Waals surface area contributed by atoms with Crippen molar-refractivity contribution in [3.63, 3.8) is 0 Å². The molecule has 2 aromatic rings. The maximum Gasteiger partial charge on any atom is 0.237 e. The maximum absolute atomic E-state index is 12.3. The highest BCUT2D eigenvalue weighted by atomic mass is 32.2. The van der Waals surface area contributed by atoms with Crippen LogP contribution >= 0.6 is 23.1 Å². The van der Waals surface area contributed by atoms with Crippen molar-refractivity contribution in [1.29, 1.82) is 0 Å². The van der Waals surface area contributed by atoms with E-state index in [4.69, 9.17) is 0 Å². The highest BCUT2D eigenvalue weighted by Crippen LogP contribution is 2.29. The standard InChI is InChI=1S/C17H22N4O2S2/c1-10(2)9-18-16-20-21-17(25-16)24-12(4)15(23)19-14-7-5-13(6-8-14)11(3)22/h5-8,10,12H,9H2,1-4H3,(H,18,20)(H,19,23)/t12-/m1/s1. The number of thioether (sulfide) groups is 1. The van der Waals surface area contributed by atoms with E-state index in [9.17, 15) is 9.59 Å². The minimum absolute atomic E-state index is 0.0000460. The molecule has 0 spiro atoms. The van der Waals surface area contributed by atoms with Crippen LogP contribution in [0.15, 0.2) is 28.6 Å². The summed E-state index contributed by atoms with van der Waals surface area (Å²) in [6.07, 6.45) is 0. The number of hydrogen-bond acceptors (Lipinski definition) is 7. The van der Waals surface area contributed by atoms with Crippen molar-refractivity contribution < 1.29 is 9.59 Å². The van der Waals surface area contributed by atoms with Gasteiger partial charge in [-0.05, 0) is 44.0 Å². The van der Waals surface area contributed by atoms with Crippen LogP contribution in [0.2, 0.25) is 0 Å². The van der Waals surface area contributed by atoms with Crippen LogP contribution in [-0.4, -0.2) is 33.7 Å². The summed E-state index contributed by atoms with van der Waals surface area (Å²) < 4.78 is 0.751. The van der Waals surface area contributed by atoms with Crippen LogP contribution in [-0.2, 0) is 4.79 Å². The van der Waals surface area contributed by atoms with Gasteiger partial charge in [0.25, 0.3) is 0 Å². The van der Waals surface area contributed by atoms with E-state index in [0.717, 1.165) is 16.0 Å². The van der Waals surface area contributed by atoms with E-state index >= 15 is 0 Å². The Morgan fingerprint density at radius 3 is 2.44 bits per heavy atom. The second-order valence-corrected chi connectivity index (χ2v) is 8.60. The molecule has 1 amide bonds. The third-order valence-electron chi connectivity index (χ3n) is 3.27. The Morgan fingerprint density at radius 1 is 1.16 bits per heavy atom. The van der Waals surface area contributed by atoms with Gasteiger partial charge in [-0.2, -0.15) is 0 Å². The van der Waals surface area contributed by atoms with E-state index in [1.165, 1.54) is 30.0 Å². The molecule has 25 heavy (non-hydrogen) atoms. The smallest absolute Gasteiger partial charge is 0.237 e. The van der Waals surface area contributed by atoms with Crippen LogP contribution in [0.4, 0.5) is 10.8 Å². The van der Waals surface area contributed by atoms with Crippen molar-refractivity contribution in [2.45, 2.75) is 37.3 Å². The number of carbonyl (C=O) groups is 2. The first-order valence-corrected chi connectivity index (χ1v) is 9.70. The quantitative estimate of drug-likeness (QED) is 0.535. The molecule has 0 bridgehead atoms. The number of amides is 1. The first kappa shape index (κ1) is 19.4. The molecule has 2 rings (SSSR count). The van der Waals surface area contributed by atoms with E-state index in [1.807, 2.05) is 6.92 Å². The molecular formula is C17H22N4O2S2. The van der Waals surface area contributed by atoms with Gasteiger partial charge in [-0.15, -0.1) is 10.2 Å². The first-order valence-electron chi connectivity index (χ1n) is 8.01. The molecule has 0 saturated carbocycles. The lowest BCUT2D eigenvalue weighted by Gasteiger charge is -2.10. The number of aromatic nitrogens is 2. The van der Waals surface area contributed by atoms with Gasteiger partial charge in [-0.1, -0.05) is 36.9 Å². The van der Waals surface area contributed by atoms with Crippen LogP contribution in [0.5, 0.6) is 0 Å². The minimum Gasteiger partial charge on any atom is -0.360 e. The van der Waals surface area contributed by atoms with Gasteiger partial charge < -0.3 is 10.6 Å². The monoisotopic (exact) mass is 378 g/mol. The molecule has 0 unspecified atom stereocenters. The van der Waals surface area contributed by atoms with E-state index in [0.29, 0.717) is 17.2 Å². The lowest BCUT2D eigenvalue weighted by Crippen LogP contribution is -2.22. The summed E-state index contributed by atoms with van der Waals surface area (Å²) in [6, 6.07) is 6.86. The van der Waals surface area contributed by atoms with Gasteiger partial charge in [0.05, 0.1) is 5.25 Å². The molecule has 1 heterocycles. The lowest BCUT2D eigenvalue weighted by atomic mass is 10.1. The zero-order valence-electron chi connectivity index (χ0n) is 14.7. The Balaban J connectivity index is 1.88. The van der Waals surface area contributed by atoms with Crippen molar-refractivity contribution in [3.8, 4) is 0 Å². The molecule has 0 fully saturated rings. The van der Waals surface area contributed by atoms with Crippen molar-refractivity contribution in [2.24, 2.45) is 5.92 Å². The predicted octanol–water partition coefficient (Wildman–Crippen LogP) is 3.93. The van der Waals surface area contributed by atoms with E-state index < -0.39 is 0 Å². The predicted molar refractivity (Wildman–Crippen MR) is 104 cm³/mol. The average molecular weight is 379 g/mol. The Labute approximate surface area is 155 Å². The third kappa shape index (κ3) is 6.13. The zero-order chi connectivity index (χ0) is 18.4. The first-order chi connectivity index (χ1) is 11.8. The highest BCUT2D eigenvalue weighted by molar-refractivity contribution is 8.02. The molecule has 2 N–H and O–H groups in total. The summed E-state index contributed by atoms with van der Waals surface area (Å²) in [5.41, 5.74) is 1.29. The van der Waals surface area contributed by atoms with Gasteiger partial charge in [-0.3, -0.25) is 9.59 Å². The normalized spacial score (nSPS) is 12.0. The van der Waals surface area contributed by atoms with Crippen LogP contribution < -0.4 is 10.6 Å². The van der Waals surface area contributed by atoms with Gasteiger partial charge in [0.15, 0.2) is 10.1 Å².